The fraction of sp³-hybridized carbons (Fsp3) is 0.267. The molecule has 1 aromatic heterocycles. The molecule has 0 aliphatic carbocycles. The molecule has 22 heavy (non-hydrogen) atoms. The van der Waals surface area contributed by atoms with E-state index in [1.54, 1.807) is 33.7 Å². The summed E-state index contributed by atoms with van der Waals surface area (Å²) in [4.78, 5) is 4.01. The monoisotopic (exact) mass is 367 g/mol. The second-order valence-electron chi connectivity index (χ2n) is 4.47. The molecular formula is C15H18BrN3O3. The van der Waals surface area contributed by atoms with E-state index >= 15 is 0 Å². The van der Waals surface area contributed by atoms with Gasteiger partial charge in [-0.2, -0.15) is 0 Å². The number of pyridine rings is 1. The van der Waals surface area contributed by atoms with E-state index in [-0.39, 0.29) is 0 Å². The lowest BCUT2D eigenvalue weighted by atomic mass is 10.1. The summed E-state index contributed by atoms with van der Waals surface area (Å²) in [5, 5.41) is 3.27. The standard InChI is InChI=1S/C15H18BrN3O3/c1-20-12-4-9(5-13(21-2)15(12)22-3)6-19-14-10(16)7-18-8-11(14)17/h4-5,7-8H,6,17H2,1-3H3,(H,18,19). The van der Waals surface area contributed by atoms with Crippen molar-refractivity contribution in [2.45, 2.75) is 6.54 Å². The molecule has 6 nitrogen and oxygen atoms in total. The highest BCUT2D eigenvalue weighted by atomic mass is 79.9. The van der Waals surface area contributed by atoms with Gasteiger partial charge in [-0.05, 0) is 33.6 Å². The molecule has 2 rings (SSSR count). The molecule has 0 aliphatic heterocycles. The van der Waals surface area contributed by atoms with Crippen LogP contribution in [-0.2, 0) is 6.54 Å². The molecule has 0 fully saturated rings. The second-order valence-corrected chi connectivity index (χ2v) is 5.33. The summed E-state index contributed by atoms with van der Waals surface area (Å²) in [6.07, 6.45) is 3.29. The van der Waals surface area contributed by atoms with E-state index in [1.165, 1.54) is 0 Å². The number of hydrogen-bond donors (Lipinski definition) is 2. The van der Waals surface area contributed by atoms with Crippen molar-refractivity contribution in [2.75, 3.05) is 32.4 Å². The number of nitrogen functional groups attached to an aromatic ring is 1. The van der Waals surface area contributed by atoms with Gasteiger partial charge in [-0.1, -0.05) is 0 Å². The lowest BCUT2D eigenvalue weighted by Crippen LogP contribution is -2.05. The van der Waals surface area contributed by atoms with E-state index < -0.39 is 0 Å². The van der Waals surface area contributed by atoms with E-state index in [0.717, 1.165) is 15.7 Å². The molecule has 7 heteroatoms. The molecule has 0 atom stereocenters. The molecule has 1 heterocycles. The molecule has 0 aliphatic rings. The van der Waals surface area contributed by atoms with Gasteiger partial charge in [-0.3, -0.25) is 4.98 Å². The first kappa shape index (κ1) is 16.2. The first-order valence-electron chi connectivity index (χ1n) is 6.52. The number of ether oxygens (including phenoxy) is 3. The Labute approximate surface area is 137 Å². The number of methoxy groups -OCH3 is 3. The second kappa shape index (κ2) is 7.22. The Hall–Kier alpha value is -2.15. The van der Waals surface area contributed by atoms with Crippen LogP contribution in [0.5, 0.6) is 17.2 Å². The van der Waals surface area contributed by atoms with Crippen molar-refractivity contribution in [3.05, 3.63) is 34.6 Å². The summed E-state index contributed by atoms with van der Waals surface area (Å²) in [7, 11) is 4.75. The van der Waals surface area contributed by atoms with E-state index in [2.05, 4.69) is 26.2 Å². The van der Waals surface area contributed by atoms with Gasteiger partial charge >= 0.3 is 0 Å². The predicted octanol–water partition coefficient (Wildman–Crippen LogP) is 3.06. The van der Waals surface area contributed by atoms with Crippen LogP contribution in [0.1, 0.15) is 5.56 Å². The number of nitrogens with zero attached hydrogens (tertiary/aromatic N) is 1. The van der Waals surface area contributed by atoms with Crippen molar-refractivity contribution >= 4 is 27.3 Å². The number of benzene rings is 1. The lowest BCUT2D eigenvalue weighted by Gasteiger charge is -2.15. The minimum absolute atomic E-state index is 0.545. The summed E-state index contributed by atoms with van der Waals surface area (Å²) >= 11 is 3.43. The summed E-state index contributed by atoms with van der Waals surface area (Å²) in [6.45, 7) is 0.545. The van der Waals surface area contributed by atoms with Gasteiger partial charge in [0.25, 0.3) is 0 Å². The van der Waals surface area contributed by atoms with Crippen LogP contribution in [0.4, 0.5) is 11.4 Å². The van der Waals surface area contributed by atoms with Gasteiger partial charge in [0.1, 0.15) is 0 Å². The summed E-state index contributed by atoms with van der Waals surface area (Å²) in [5.74, 6) is 1.79. The highest BCUT2D eigenvalue weighted by molar-refractivity contribution is 9.10. The molecule has 2 aromatic rings. The molecule has 118 valence electrons. The predicted molar refractivity (Wildman–Crippen MR) is 89.8 cm³/mol. The van der Waals surface area contributed by atoms with Crippen LogP contribution < -0.4 is 25.3 Å². The number of nitrogens with one attached hydrogen (secondary N) is 1. The average Bonchev–Trinajstić information content (AvgIpc) is 2.53. The number of nitrogens with two attached hydrogens (primary N) is 1. The van der Waals surface area contributed by atoms with E-state index in [0.29, 0.717) is 29.5 Å². The maximum absolute atomic E-state index is 5.92. The topological polar surface area (TPSA) is 78.6 Å². The van der Waals surface area contributed by atoms with Crippen molar-refractivity contribution in [1.82, 2.24) is 4.98 Å². The molecule has 1 aromatic carbocycles. The summed E-state index contributed by atoms with van der Waals surface area (Å²) < 4.78 is 16.8. The Morgan fingerprint density at radius 1 is 1.09 bits per heavy atom. The smallest absolute Gasteiger partial charge is 0.203 e. The Morgan fingerprint density at radius 3 is 2.23 bits per heavy atom. The zero-order valence-corrected chi connectivity index (χ0v) is 14.2. The molecule has 0 unspecified atom stereocenters. The number of aromatic nitrogens is 1. The third-order valence-electron chi connectivity index (χ3n) is 3.12. The number of hydrogen-bond acceptors (Lipinski definition) is 6. The SMILES string of the molecule is COc1cc(CNc2c(N)cncc2Br)cc(OC)c1OC. The van der Waals surface area contributed by atoms with Gasteiger partial charge in [0, 0.05) is 12.7 Å². The van der Waals surface area contributed by atoms with Crippen molar-refractivity contribution in [1.29, 1.82) is 0 Å². The first-order valence-corrected chi connectivity index (χ1v) is 7.31. The lowest BCUT2D eigenvalue weighted by molar-refractivity contribution is 0.324. The van der Waals surface area contributed by atoms with Gasteiger partial charge in [-0.15, -0.1) is 0 Å². The zero-order chi connectivity index (χ0) is 16.1. The first-order chi connectivity index (χ1) is 10.6. The summed E-state index contributed by atoms with van der Waals surface area (Å²) in [5.41, 5.74) is 8.26. The van der Waals surface area contributed by atoms with Crippen LogP contribution in [0.2, 0.25) is 0 Å². The van der Waals surface area contributed by atoms with Crippen molar-refractivity contribution < 1.29 is 14.2 Å². The minimum atomic E-state index is 0.545. The maximum atomic E-state index is 5.92. The van der Waals surface area contributed by atoms with E-state index in [9.17, 15) is 0 Å². The normalized spacial score (nSPS) is 10.2. The molecule has 0 radical (unpaired) electrons. The Balaban J connectivity index is 2.26. The highest BCUT2D eigenvalue weighted by Gasteiger charge is 2.13. The van der Waals surface area contributed by atoms with Crippen LogP contribution in [0, 0.1) is 0 Å². The quantitative estimate of drug-likeness (QED) is 0.816. The molecule has 0 saturated heterocycles. The van der Waals surface area contributed by atoms with Crippen LogP contribution in [0.15, 0.2) is 29.0 Å². The number of rotatable bonds is 6. The van der Waals surface area contributed by atoms with Crippen molar-refractivity contribution in [2.24, 2.45) is 0 Å². The third-order valence-corrected chi connectivity index (χ3v) is 3.72. The molecule has 0 bridgehead atoms. The van der Waals surface area contributed by atoms with Gasteiger partial charge in [0.05, 0.1) is 43.4 Å². The molecule has 0 saturated carbocycles. The maximum Gasteiger partial charge on any atom is 0.203 e. The number of halogens is 1. The molecule has 0 amide bonds. The van der Waals surface area contributed by atoms with E-state index in [4.69, 9.17) is 19.9 Å². The Morgan fingerprint density at radius 2 is 1.73 bits per heavy atom. The van der Waals surface area contributed by atoms with Crippen LogP contribution in [0.3, 0.4) is 0 Å². The third kappa shape index (κ3) is 3.36. The zero-order valence-electron chi connectivity index (χ0n) is 12.6. The molecule has 0 spiro atoms. The summed E-state index contributed by atoms with van der Waals surface area (Å²) in [6, 6.07) is 3.78. The van der Waals surface area contributed by atoms with Crippen LogP contribution >= 0.6 is 15.9 Å². The van der Waals surface area contributed by atoms with Crippen molar-refractivity contribution in [3.8, 4) is 17.2 Å². The van der Waals surface area contributed by atoms with Crippen LogP contribution in [-0.4, -0.2) is 26.3 Å². The van der Waals surface area contributed by atoms with Crippen LogP contribution in [0.25, 0.3) is 0 Å². The van der Waals surface area contributed by atoms with Gasteiger partial charge < -0.3 is 25.3 Å². The van der Waals surface area contributed by atoms with Crippen molar-refractivity contribution in [3.63, 3.8) is 0 Å². The van der Waals surface area contributed by atoms with Gasteiger partial charge in [-0.25, -0.2) is 0 Å². The fourth-order valence-corrected chi connectivity index (χ4v) is 2.55. The fourth-order valence-electron chi connectivity index (χ4n) is 2.06. The number of anilines is 2. The van der Waals surface area contributed by atoms with Gasteiger partial charge in [0.15, 0.2) is 11.5 Å². The molecular weight excluding hydrogens is 350 g/mol. The minimum Gasteiger partial charge on any atom is -0.493 e. The molecule has 3 N–H and O–H groups in total. The van der Waals surface area contributed by atoms with Gasteiger partial charge in [0.2, 0.25) is 5.75 Å². The van der Waals surface area contributed by atoms with E-state index in [1.807, 2.05) is 12.1 Å². The largest absolute Gasteiger partial charge is 0.493 e. The Bertz CT molecular complexity index is 619. The highest BCUT2D eigenvalue weighted by Crippen LogP contribution is 2.38. The average molecular weight is 368 g/mol. The Kier molecular flexibility index (Phi) is 5.32.